The van der Waals surface area contributed by atoms with Gasteiger partial charge in [-0.2, -0.15) is 0 Å². The summed E-state index contributed by atoms with van der Waals surface area (Å²) in [5.41, 5.74) is 0. The minimum absolute atomic E-state index is 0.0376. The number of carbonyl (C=O) groups is 1. The van der Waals surface area contributed by atoms with Crippen LogP contribution in [0.5, 0.6) is 5.75 Å². The van der Waals surface area contributed by atoms with E-state index >= 15 is 0 Å². The van der Waals surface area contributed by atoms with Crippen molar-refractivity contribution in [1.82, 2.24) is 0 Å². The summed E-state index contributed by atoms with van der Waals surface area (Å²) >= 11 is 5.74. The highest BCUT2D eigenvalue weighted by molar-refractivity contribution is 6.30. The predicted octanol–water partition coefficient (Wildman–Crippen LogP) is 2.67. The van der Waals surface area contributed by atoms with Gasteiger partial charge in [0, 0.05) is 18.2 Å². The van der Waals surface area contributed by atoms with Gasteiger partial charge in [0.05, 0.1) is 5.92 Å². The molecule has 16 heavy (non-hydrogen) atoms. The molecule has 1 aliphatic rings. The maximum absolute atomic E-state index is 11.7. The van der Waals surface area contributed by atoms with Gasteiger partial charge in [0.1, 0.15) is 5.75 Å². The number of hydrogen-bond donors (Lipinski definition) is 0. The summed E-state index contributed by atoms with van der Waals surface area (Å²) in [5, 5.41) is 0.630. The Hall–Kier alpha value is -1.06. The Morgan fingerprint density at radius 1 is 1.25 bits per heavy atom. The topological polar surface area (TPSA) is 35.5 Å². The molecule has 1 heterocycles. The molecule has 2 rings (SSSR count). The number of benzene rings is 1. The van der Waals surface area contributed by atoms with Crippen molar-refractivity contribution in [2.24, 2.45) is 5.92 Å². The molecule has 1 aromatic carbocycles. The van der Waals surface area contributed by atoms with E-state index in [-0.39, 0.29) is 11.9 Å². The Morgan fingerprint density at radius 2 is 1.88 bits per heavy atom. The second-order valence-electron chi connectivity index (χ2n) is 3.76. The number of rotatable bonds is 2. The third-order valence-electron chi connectivity index (χ3n) is 2.59. The number of hydrogen-bond acceptors (Lipinski definition) is 3. The quantitative estimate of drug-likeness (QED) is 0.589. The van der Waals surface area contributed by atoms with Crippen LogP contribution < -0.4 is 4.74 Å². The van der Waals surface area contributed by atoms with Crippen molar-refractivity contribution in [3.63, 3.8) is 0 Å². The van der Waals surface area contributed by atoms with Crippen LogP contribution in [0.15, 0.2) is 24.3 Å². The largest absolute Gasteiger partial charge is 0.426 e. The maximum atomic E-state index is 11.7. The average Bonchev–Trinajstić information content (AvgIpc) is 2.33. The Balaban J connectivity index is 1.93. The molecule has 0 radical (unpaired) electrons. The van der Waals surface area contributed by atoms with Crippen LogP contribution in [0.3, 0.4) is 0 Å². The molecule has 1 fully saturated rings. The van der Waals surface area contributed by atoms with Crippen LogP contribution in [0, 0.1) is 5.92 Å². The molecule has 4 heteroatoms. The Kier molecular flexibility index (Phi) is 3.80. The summed E-state index contributed by atoms with van der Waals surface area (Å²) < 4.78 is 10.4. The van der Waals surface area contributed by atoms with Gasteiger partial charge >= 0.3 is 5.97 Å². The molecule has 0 unspecified atom stereocenters. The van der Waals surface area contributed by atoms with E-state index in [0.29, 0.717) is 24.0 Å². The lowest BCUT2D eigenvalue weighted by molar-refractivity contribution is -0.141. The summed E-state index contributed by atoms with van der Waals surface area (Å²) in [6, 6.07) is 6.79. The molecule has 0 aromatic heterocycles. The fourth-order valence-corrected chi connectivity index (χ4v) is 1.76. The molecule has 0 saturated carbocycles. The van der Waals surface area contributed by atoms with E-state index < -0.39 is 0 Å². The van der Waals surface area contributed by atoms with Gasteiger partial charge in [-0.25, -0.2) is 0 Å². The van der Waals surface area contributed by atoms with Gasteiger partial charge in [0.15, 0.2) is 0 Å². The normalized spacial score (nSPS) is 17.1. The first-order valence-electron chi connectivity index (χ1n) is 5.31. The molecular weight excluding hydrogens is 228 g/mol. The van der Waals surface area contributed by atoms with Crippen molar-refractivity contribution < 1.29 is 14.3 Å². The van der Waals surface area contributed by atoms with Crippen molar-refractivity contribution in [2.45, 2.75) is 12.8 Å². The average molecular weight is 241 g/mol. The summed E-state index contributed by atoms with van der Waals surface area (Å²) in [6.45, 7) is 1.28. The van der Waals surface area contributed by atoms with E-state index in [0.717, 1.165) is 12.8 Å². The highest BCUT2D eigenvalue weighted by atomic mass is 35.5. The molecule has 0 amide bonds. The summed E-state index contributed by atoms with van der Waals surface area (Å²) in [4.78, 5) is 11.7. The van der Waals surface area contributed by atoms with E-state index in [1.165, 1.54) is 0 Å². The highest BCUT2D eigenvalue weighted by Crippen LogP contribution is 2.20. The van der Waals surface area contributed by atoms with Crippen LogP contribution in [0.2, 0.25) is 5.02 Å². The van der Waals surface area contributed by atoms with Crippen LogP contribution in [0.1, 0.15) is 12.8 Å². The van der Waals surface area contributed by atoms with Crippen LogP contribution in [-0.4, -0.2) is 19.2 Å². The van der Waals surface area contributed by atoms with E-state index in [4.69, 9.17) is 21.1 Å². The number of carbonyl (C=O) groups excluding carboxylic acids is 1. The second kappa shape index (κ2) is 5.32. The van der Waals surface area contributed by atoms with Crippen molar-refractivity contribution in [2.75, 3.05) is 13.2 Å². The zero-order valence-corrected chi connectivity index (χ0v) is 9.57. The third-order valence-corrected chi connectivity index (χ3v) is 2.84. The van der Waals surface area contributed by atoms with Gasteiger partial charge in [0.2, 0.25) is 0 Å². The third kappa shape index (κ3) is 2.97. The lowest BCUT2D eigenvalue weighted by Crippen LogP contribution is -2.27. The fourth-order valence-electron chi connectivity index (χ4n) is 1.64. The van der Waals surface area contributed by atoms with Gasteiger partial charge in [0.25, 0.3) is 0 Å². The van der Waals surface area contributed by atoms with E-state index in [2.05, 4.69) is 0 Å². The summed E-state index contributed by atoms with van der Waals surface area (Å²) in [7, 11) is 0. The molecule has 1 saturated heterocycles. The summed E-state index contributed by atoms with van der Waals surface area (Å²) in [6.07, 6.45) is 1.48. The Morgan fingerprint density at radius 3 is 2.50 bits per heavy atom. The van der Waals surface area contributed by atoms with Crippen molar-refractivity contribution in [3.8, 4) is 5.75 Å². The van der Waals surface area contributed by atoms with Crippen molar-refractivity contribution >= 4 is 17.6 Å². The molecule has 0 N–H and O–H groups in total. The van der Waals surface area contributed by atoms with Crippen LogP contribution >= 0.6 is 11.6 Å². The number of esters is 1. The van der Waals surface area contributed by atoms with Gasteiger partial charge in [-0.3, -0.25) is 4.79 Å². The van der Waals surface area contributed by atoms with Gasteiger partial charge in [-0.15, -0.1) is 0 Å². The SMILES string of the molecule is O=C(Oc1ccc(Cl)cc1)C1CCOCC1. The van der Waals surface area contributed by atoms with Crippen molar-refractivity contribution in [1.29, 1.82) is 0 Å². The molecule has 0 bridgehead atoms. The van der Waals surface area contributed by atoms with E-state index in [1.54, 1.807) is 24.3 Å². The minimum atomic E-state index is -0.175. The summed E-state index contributed by atoms with van der Waals surface area (Å²) in [5.74, 6) is 0.330. The molecule has 0 atom stereocenters. The molecule has 86 valence electrons. The van der Waals surface area contributed by atoms with Crippen LogP contribution in [0.4, 0.5) is 0 Å². The first kappa shape index (κ1) is 11.4. The molecule has 1 aromatic rings. The first-order chi connectivity index (χ1) is 7.75. The molecular formula is C12H13ClO3. The van der Waals surface area contributed by atoms with E-state index in [1.807, 2.05) is 0 Å². The Bertz CT molecular complexity index is 355. The predicted molar refractivity (Wildman–Crippen MR) is 60.6 cm³/mol. The van der Waals surface area contributed by atoms with Crippen molar-refractivity contribution in [3.05, 3.63) is 29.3 Å². The highest BCUT2D eigenvalue weighted by Gasteiger charge is 2.23. The minimum Gasteiger partial charge on any atom is -0.426 e. The molecule has 0 aliphatic carbocycles. The lowest BCUT2D eigenvalue weighted by Gasteiger charge is -2.20. The lowest BCUT2D eigenvalue weighted by atomic mass is 10.0. The zero-order chi connectivity index (χ0) is 11.4. The fraction of sp³-hybridized carbons (Fsp3) is 0.417. The van der Waals surface area contributed by atoms with Gasteiger partial charge in [-0.05, 0) is 37.1 Å². The Labute approximate surface area is 99.3 Å². The maximum Gasteiger partial charge on any atom is 0.314 e. The molecule has 1 aliphatic heterocycles. The van der Waals surface area contributed by atoms with E-state index in [9.17, 15) is 4.79 Å². The molecule has 0 spiro atoms. The van der Waals surface area contributed by atoms with Gasteiger partial charge in [-0.1, -0.05) is 11.6 Å². The van der Waals surface area contributed by atoms with Gasteiger partial charge < -0.3 is 9.47 Å². The molecule has 3 nitrogen and oxygen atoms in total. The monoisotopic (exact) mass is 240 g/mol. The first-order valence-corrected chi connectivity index (χ1v) is 5.68. The van der Waals surface area contributed by atoms with Crippen LogP contribution in [-0.2, 0) is 9.53 Å². The smallest absolute Gasteiger partial charge is 0.314 e. The standard InChI is InChI=1S/C12H13ClO3/c13-10-1-3-11(4-2-10)16-12(14)9-5-7-15-8-6-9/h1-4,9H,5-8H2. The number of ether oxygens (including phenoxy) is 2. The second-order valence-corrected chi connectivity index (χ2v) is 4.20. The van der Waals surface area contributed by atoms with Crippen LogP contribution in [0.25, 0.3) is 0 Å². The zero-order valence-electron chi connectivity index (χ0n) is 8.82. The number of halogens is 1.